The van der Waals surface area contributed by atoms with Crippen LogP contribution in [0.2, 0.25) is 0 Å². The second-order valence-corrected chi connectivity index (χ2v) is 12.0. The zero-order chi connectivity index (χ0) is 31.6. The maximum Gasteiger partial charge on any atom is 0.0972 e. The van der Waals surface area contributed by atoms with E-state index in [0.717, 1.165) is 99.3 Å². The summed E-state index contributed by atoms with van der Waals surface area (Å²) in [5.74, 6) is 0. The summed E-state index contributed by atoms with van der Waals surface area (Å²) in [6, 6.07) is 45.8. The number of aromatic nitrogens is 6. The lowest BCUT2D eigenvalue weighted by molar-refractivity contribution is 1.31. The molecule has 0 saturated carbocycles. The van der Waals surface area contributed by atoms with Crippen LogP contribution in [0.1, 0.15) is 0 Å². The second kappa shape index (κ2) is 10.4. The molecule has 0 saturated heterocycles. The molecule has 48 heavy (non-hydrogen) atoms. The number of hydrogen-bond donors (Lipinski definition) is 0. The second-order valence-electron chi connectivity index (χ2n) is 12.0. The molecule has 0 spiro atoms. The maximum absolute atomic E-state index is 4.99. The first-order valence-corrected chi connectivity index (χ1v) is 15.9. The summed E-state index contributed by atoms with van der Waals surface area (Å²) < 4.78 is 0. The zero-order valence-electron chi connectivity index (χ0n) is 25.5. The molecular formula is C42H24N6. The van der Waals surface area contributed by atoms with Crippen molar-refractivity contribution in [3.05, 3.63) is 146 Å². The third kappa shape index (κ3) is 4.35. The van der Waals surface area contributed by atoms with Crippen LogP contribution >= 0.6 is 0 Å². The molecule has 10 aromatic rings. The van der Waals surface area contributed by atoms with Gasteiger partial charge in [-0.3, -0.25) is 9.97 Å². The highest BCUT2D eigenvalue weighted by Gasteiger charge is 2.11. The summed E-state index contributed by atoms with van der Waals surface area (Å²) in [6.45, 7) is 0. The van der Waals surface area contributed by atoms with Crippen LogP contribution in [0.5, 0.6) is 0 Å². The fourth-order valence-electron chi connectivity index (χ4n) is 6.63. The van der Waals surface area contributed by atoms with E-state index in [1.807, 2.05) is 48.8 Å². The van der Waals surface area contributed by atoms with E-state index in [0.29, 0.717) is 0 Å². The van der Waals surface area contributed by atoms with Gasteiger partial charge in [0.25, 0.3) is 0 Å². The van der Waals surface area contributed by atoms with Gasteiger partial charge in [-0.2, -0.15) is 0 Å². The molecule has 6 heterocycles. The van der Waals surface area contributed by atoms with E-state index >= 15 is 0 Å². The molecular weight excluding hydrogens is 589 g/mol. The Morgan fingerprint density at radius 3 is 1.12 bits per heavy atom. The lowest BCUT2D eigenvalue weighted by Crippen LogP contribution is -1.92. The molecule has 6 nitrogen and oxygen atoms in total. The van der Waals surface area contributed by atoms with Crippen molar-refractivity contribution < 1.29 is 0 Å². The average molecular weight is 613 g/mol. The van der Waals surface area contributed by atoms with Crippen LogP contribution in [0.25, 0.3) is 99.3 Å². The van der Waals surface area contributed by atoms with Crippen molar-refractivity contribution in [3.8, 4) is 33.9 Å². The summed E-state index contributed by atoms with van der Waals surface area (Å²) in [5.41, 5.74) is 11.0. The van der Waals surface area contributed by atoms with Gasteiger partial charge in [0.2, 0.25) is 0 Å². The summed E-state index contributed by atoms with van der Waals surface area (Å²) >= 11 is 0. The van der Waals surface area contributed by atoms with Crippen LogP contribution in [0.3, 0.4) is 0 Å². The van der Waals surface area contributed by atoms with Crippen LogP contribution in [0, 0.1) is 0 Å². The lowest BCUT2D eigenvalue weighted by Gasteiger charge is -2.09. The van der Waals surface area contributed by atoms with E-state index in [4.69, 9.17) is 19.9 Å². The third-order valence-corrected chi connectivity index (χ3v) is 9.10. The molecule has 0 amide bonds. The van der Waals surface area contributed by atoms with E-state index in [9.17, 15) is 0 Å². The minimum Gasteiger partial charge on any atom is -0.254 e. The van der Waals surface area contributed by atoms with E-state index in [-0.39, 0.29) is 0 Å². The van der Waals surface area contributed by atoms with Gasteiger partial charge in [0.05, 0.1) is 55.9 Å². The zero-order valence-corrected chi connectivity index (χ0v) is 25.5. The highest BCUT2D eigenvalue weighted by molar-refractivity contribution is 6.04. The Morgan fingerprint density at radius 2 is 0.667 bits per heavy atom. The molecule has 0 unspecified atom stereocenters. The highest BCUT2D eigenvalue weighted by Crippen LogP contribution is 2.31. The normalized spacial score (nSPS) is 11.8. The molecule has 0 N–H and O–H groups in total. The quantitative estimate of drug-likeness (QED) is 0.185. The van der Waals surface area contributed by atoms with Gasteiger partial charge in [0, 0.05) is 44.7 Å². The van der Waals surface area contributed by atoms with Crippen molar-refractivity contribution in [1.82, 2.24) is 29.9 Å². The van der Waals surface area contributed by atoms with Gasteiger partial charge in [-0.05, 0) is 71.8 Å². The number of hydrogen-bond acceptors (Lipinski definition) is 6. The Bertz CT molecular complexity index is 2720. The maximum atomic E-state index is 4.99. The number of pyridine rings is 6. The standard InChI is InChI=1S/C42H24N6/c1-3-25-5-7-27-9-17-37(47-41(27)39(25)43-21-1)35-19-13-31-23-29(11-15-33(31)45-35)30-12-16-34-32(24-30)14-20-36(46-34)38-18-10-28-8-6-26-4-2-22-44-40(26)42(28)48-38/h1-24H. The van der Waals surface area contributed by atoms with Crippen LogP contribution in [-0.4, -0.2) is 29.9 Å². The molecule has 0 aliphatic heterocycles. The summed E-state index contributed by atoms with van der Waals surface area (Å²) in [5, 5.41) is 6.42. The predicted molar refractivity (Wildman–Crippen MR) is 195 cm³/mol. The number of benzene rings is 4. The van der Waals surface area contributed by atoms with Gasteiger partial charge in [0.1, 0.15) is 0 Å². The van der Waals surface area contributed by atoms with Crippen LogP contribution in [-0.2, 0) is 0 Å². The Hall–Kier alpha value is -6.66. The average Bonchev–Trinajstić information content (AvgIpc) is 3.16. The smallest absolute Gasteiger partial charge is 0.0972 e. The van der Waals surface area contributed by atoms with Crippen molar-refractivity contribution >= 4 is 65.4 Å². The molecule has 10 rings (SSSR count). The Balaban J connectivity index is 0.976. The van der Waals surface area contributed by atoms with E-state index in [2.05, 4.69) is 107 Å². The van der Waals surface area contributed by atoms with Gasteiger partial charge in [-0.1, -0.05) is 72.8 Å². The minimum absolute atomic E-state index is 0.830. The fourth-order valence-corrected chi connectivity index (χ4v) is 6.63. The number of rotatable bonds is 3. The monoisotopic (exact) mass is 612 g/mol. The first-order chi connectivity index (χ1) is 23.7. The van der Waals surface area contributed by atoms with Gasteiger partial charge in [-0.25, -0.2) is 19.9 Å². The van der Waals surface area contributed by atoms with E-state index in [1.165, 1.54) is 0 Å². The summed E-state index contributed by atoms with van der Waals surface area (Å²) in [7, 11) is 0. The van der Waals surface area contributed by atoms with Crippen molar-refractivity contribution in [2.45, 2.75) is 0 Å². The topological polar surface area (TPSA) is 77.3 Å². The van der Waals surface area contributed by atoms with Gasteiger partial charge >= 0.3 is 0 Å². The Morgan fingerprint density at radius 1 is 0.292 bits per heavy atom. The SMILES string of the molecule is c1cnc2c(c1)ccc1ccc(-c3ccc4cc(-c5ccc6nc(-c7ccc8ccc9cccnc9c8n7)ccc6c5)ccc4n3)nc12. The van der Waals surface area contributed by atoms with Crippen molar-refractivity contribution in [3.63, 3.8) is 0 Å². The van der Waals surface area contributed by atoms with Crippen molar-refractivity contribution in [2.75, 3.05) is 0 Å². The van der Waals surface area contributed by atoms with Crippen molar-refractivity contribution in [2.24, 2.45) is 0 Å². The van der Waals surface area contributed by atoms with E-state index in [1.54, 1.807) is 0 Å². The highest BCUT2D eigenvalue weighted by atomic mass is 14.8. The Labute approximate surface area is 274 Å². The molecule has 4 aromatic carbocycles. The van der Waals surface area contributed by atoms with E-state index < -0.39 is 0 Å². The van der Waals surface area contributed by atoms with Crippen LogP contribution in [0.4, 0.5) is 0 Å². The largest absolute Gasteiger partial charge is 0.254 e. The predicted octanol–water partition coefficient (Wildman–Crippen LogP) is 9.98. The van der Waals surface area contributed by atoms with Gasteiger partial charge < -0.3 is 0 Å². The fraction of sp³-hybridized carbons (Fsp3) is 0. The molecule has 222 valence electrons. The molecule has 0 aliphatic carbocycles. The third-order valence-electron chi connectivity index (χ3n) is 9.10. The lowest BCUT2D eigenvalue weighted by atomic mass is 10.0. The molecule has 0 fully saturated rings. The molecule has 0 radical (unpaired) electrons. The van der Waals surface area contributed by atoms with Crippen LogP contribution < -0.4 is 0 Å². The Kier molecular flexibility index (Phi) is 5.77. The molecule has 6 heteroatoms. The van der Waals surface area contributed by atoms with Crippen LogP contribution in [0.15, 0.2) is 146 Å². The molecule has 0 bridgehead atoms. The first-order valence-electron chi connectivity index (χ1n) is 15.9. The van der Waals surface area contributed by atoms with Gasteiger partial charge in [-0.15, -0.1) is 0 Å². The first kappa shape index (κ1) is 26.5. The summed E-state index contributed by atoms with van der Waals surface area (Å²) in [6.07, 6.45) is 3.63. The molecule has 0 aliphatic rings. The molecule has 0 atom stereocenters. The minimum atomic E-state index is 0.830. The molecule has 6 aromatic heterocycles. The number of fused-ring (bicyclic) bond motifs is 8. The van der Waals surface area contributed by atoms with Gasteiger partial charge in [0.15, 0.2) is 0 Å². The number of nitrogens with zero attached hydrogens (tertiary/aromatic N) is 6. The summed E-state index contributed by atoms with van der Waals surface area (Å²) in [4.78, 5) is 29.1. The van der Waals surface area contributed by atoms with Crippen molar-refractivity contribution in [1.29, 1.82) is 0 Å².